The molecule has 0 saturated carbocycles. The predicted molar refractivity (Wildman–Crippen MR) is 106 cm³/mol. The van der Waals surface area contributed by atoms with Crippen molar-refractivity contribution >= 4 is 17.4 Å². The summed E-state index contributed by atoms with van der Waals surface area (Å²) in [7, 11) is 0. The third-order valence-electron chi connectivity index (χ3n) is 5.32. The van der Waals surface area contributed by atoms with Crippen LogP contribution in [0.25, 0.3) is 11.1 Å². The van der Waals surface area contributed by atoms with Crippen LogP contribution in [0.3, 0.4) is 0 Å². The van der Waals surface area contributed by atoms with Crippen molar-refractivity contribution in [2.75, 3.05) is 13.1 Å². The molecule has 8 heteroatoms. The van der Waals surface area contributed by atoms with E-state index in [9.17, 15) is 4.79 Å². The second-order valence-electron chi connectivity index (χ2n) is 7.16. The number of nitrogens with zero attached hydrogens (tertiary/aromatic N) is 5. The standard InChI is InChI=1S/C20H23N5O2S/c1-4-16-19(28-24-22-16)20(26)25-9-5-6-15(11-25)17-8-7-14(10-21-17)18-12(2)23-27-13(18)3/h7-8,10,15H,4-6,9,11H2,1-3H3/t15-/m0/s1. The molecule has 7 nitrogen and oxygen atoms in total. The van der Waals surface area contributed by atoms with E-state index < -0.39 is 0 Å². The number of carbonyl (C=O) groups excluding carboxylic acids is 1. The number of rotatable bonds is 4. The molecule has 0 aliphatic carbocycles. The topological polar surface area (TPSA) is 85.0 Å². The molecule has 3 aromatic heterocycles. The number of aryl methyl sites for hydroxylation is 3. The van der Waals surface area contributed by atoms with Crippen molar-refractivity contribution < 1.29 is 9.32 Å². The van der Waals surface area contributed by atoms with E-state index in [0.29, 0.717) is 11.4 Å². The van der Waals surface area contributed by atoms with E-state index in [1.165, 1.54) is 11.5 Å². The van der Waals surface area contributed by atoms with E-state index in [-0.39, 0.29) is 11.8 Å². The Bertz CT molecular complexity index is 959. The van der Waals surface area contributed by atoms with E-state index in [1.807, 2.05) is 31.9 Å². The van der Waals surface area contributed by atoms with Crippen molar-refractivity contribution in [1.82, 2.24) is 24.6 Å². The molecule has 3 aromatic rings. The maximum absolute atomic E-state index is 12.9. The van der Waals surface area contributed by atoms with E-state index in [1.54, 1.807) is 0 Å². The van der Waals surface area contributed by atoms with E-state index >= 15 is 0 Å². The molecule has 4 heterocycles. The van der Waals surface area contributed by atoms with Crippen molar-refractivity contribution in [2.24, 2.45) is 0 Å². The van der Waals surface area contributed by atoms with Gasteiger partial charge in [0.05, 0.1) is 11.4 Å². The molecule has 1 amide bonds. The predicted octanol–water partition coefficient (Wildman–Crippen LogP) is 3.79. The molecule has 4 rings (SSSR count). The van der Waals surface area contributed by atoms with Gasteiger partial charge in [0.25, 0.3) is 5.91 Å². The van der Waals surface area contributed by atoms with Crippen molar-refractivity contribution in [3.63, 3.8) is 0 Å². The molecule has 0 bridgehead atoms. The normalized spacial score (nSPS) is 17.1. The zero-order chi connectivity index (χ0) is 19.7. The molecule has 1 atom stereocenters. The lowest BCUT2D eigenvalue weighted by molar-refractivity contribution is 0.0709. The fourth-order valence-corrected chi connectivity index (χ4v) is 4.56. The van der Waals surface area contributed by atoms with Gasteiger partial charge in [0.1, 0.15) is 10.6 Å². The highest BCUT2D eigenvalue weighted by atomic mass is 32.1. The number of hydrogen-bond acceptors (Lipinski definition) is 7. The SMILES string of the molecule is CCc1nnsc1C(=O)N1CCC[C@H](c2ccc(-c3c(C)noc3C)cn2)C1. The lowest BCUT2D eigenvalue weighted by Gasteiger charge is -2.32. The first kappa shape index (κ1) is 18.7. The van der Waals surface area contributed by atoms with Crippen molar-refractivity contribution in [3.8, 4) is 11.1 Å². The molecule has 1 aliphatic rings. The zero-order valence-electron chi connectivity index (χ0n) is 16.3. The van der Waals surface area contributed by atoms with Gasteiger partial charge in [-0.3, -0.25) is 9.78 Å². The number of piperidine rings is 1. The van der Waals surface area contributed by atoms with Gasteiger partial charge in [0.2, 0.25) is 0 Å². The summed E-state index contributed by atoms with van der Waals surface area (Å²) in [6.45, 7) is 7.29. The Kier molecular flexibility index (Phi) is 5.21. The summed E-state index contributed by atoms with van der Waals surface area (Å²) in [5, 5.41) is 8.09. The number of hydrogen-bond donors (Lipinski definition) is 0. The molecule has 28 heavy (non-hydrogen) atoms. The third-order valence-corrected chi connectivity index (χ3v) is 6.08. The highest BCUT2D eigenvalue weighted by Gasteiger charge is 2.28. The van der Waals surface area contributed by atoms with Crippen LogP contribution in [-0.2, 0) is 6.42 Å². The number of likely N-dealkylation sites (tertiary alicyclic amines) is 1. The molecular weight excluding hydrogens is 374 g/mol. The summed E-state index contributed by atoms with van der Waals surface area (Å²) in [4.78, 5) is 20.2. The first-order valence-electron chi connectivity index (χ1n) is 9.58. The quantitative estimate of drug-likeness (QED) is 0.666. The molecule has 0 radical (unpaired) electrons. The van der Waals surface area contributed by atoms with Crippen molar-refractivity contribution in [1.29, 1.82) is 0 Å². The summed E-state index contributed by atoms with van der Waals surface area (Å²) in [6.07, 6.45) is 4.60. The van der Waals surface area contributed by atoms with Gasteiger partial charge in [-0.25, -0.2) is 0 Å². The second kappa shape index (κ2) is 7.79. The average molecular weight is 398 g/mol. The fraction of sp³-hybridized carbons (Fsp3) is 0.450. The van der Waals surface area contributed by atoms with Gasteiger partial charge in [-0.1, -0.05) is 22.6 Å². The largest absolute Gasteiger partial charge is 0.361 e. The molecular formula is C20H23N5O2S. The van der Waals surface area contributed by atoms with Crippen LogP contribution in [0.5, 0.6) is 0 Å². The van der Waals surface area contributed by atoms with Crippen LogP contribution in [0.4, 0.5) is 0 Å². The summed E-state index contributed by atoms with van der Waals surface area (Å²) in [6, 6.07) is 4.13. The Hall–Kier alpha value is -2.61. The smallest absolute Gasteiger partial charge is 0.267 e. The van der Waals surface area contributed by atoms with E-state index in [4.69, 9.17) is 9.51 Å². The molecule has 0 N–H and O–H groups in total. The van der Waals surface area contributed by atoms with Gasteiger partial charge >= 0.3 is 0 Å². The maximum Gasteiger partial charge on any atom is 0.267 e. The number of carbonyl (C=O) groups is 1. The maximum atomic E-state index is 12.9. The summed E-state index contributed by atoms with van der Waals surface area (Å²) < 4.78 is 9.21. The highest BCUT2D eigenvalue weighted by molar-refractivity contribution is 7.08. The third kappa shape index (κ3) is 3.44. The van der Waals surface area contributed by atoms with Gasteiger partial charge in [-0.05, 0) is 50.7 Å². The number of pyridine rings is 1. The van der Waals surface area contributed by atoms with Crippen LogP contribution in [-0.4, -0.2) is 43.6 Å². The number of amides is 1. The van der Waals surface area contributed by atoms with Crippen LogP contribution in [0.15, 0.2) is 22.9 Å². The zero-order valence-corrected chi connectivity index (χ0v) is 17.1. The van der Waals surface area contributed by atoms with Crippen LogP contribution in [0, 0.1) is 13.8 Å². The van der Waals surface area contributed by atoms with Gasteiger partial charge in [0.15, 0.2) is 0 Å². The molecule has 1 saturated heterocycles. The van der Waals surface area contributed by atoms with Crippen LogP contribution >= 0.6 is 11.5 Å². The first-order valence-corrected chi connectivity index (χ1v) is 10.4. The Morgan fingerprint density at radius 2 is 2.21 bits per heavy atom. The van der Waals surface area contributed by atoms with Crippen molar-refractivity contribution in [2.45, 2.75) is 46.0 Å². The van der Waals surface area contributed by atoms with Gasteiger partial charge < -0.3 is 9.42 Å². The Morgan fingerprint density at radius 1 is 1.36 bits per heavy atom. The van der Waals surface area contributed by atoms with E-state index in [2.05, 4.69) is 26.9 Å². The van der Waals surface area contributed by atoms with Crippen LogP contribution < -0.4 is 0 Å². The van der Waals surface area contributed by atoms with Crippen molar-refractivity contribution in [3.05, 3.63) is 46.0 Å². The Balaban J connectivity index is 1.51. The van der Waals surface area contributed by atoms with Crippen LogP contribution in [0.1, 0.15) is 58.2 Å². The number of aromatic nitrogens is 4. The van der Waals surface area contributed by atoms with Gasteiger partial charge in [0, 0.05) is 42.0 Å². The summed E-state index contributed by atoms with van der Waals surface area (Å²) in [5.41, 5.74) is 4.69. The fourth-order valence-electron chi connectivity index (χ4n) is 3.84. The molecule has 0 unspecified atom stereocenters. The second-order valence-corrected chi connectivity index (χ2v) is 7.92. The molecule has 1 aliphatic heterocycles. The van der Waals surface area contributed by atoms with E-state index in [0.717, 1.165) is 59.8 Å². The van der Waals surface area contributed by atoms with Crippen LogP contribution in [0.2, 0.25) is 0 Å². The average Bonchev–Trinajstić information content (AvgIpc) is 3.34. The Morgan fingerprint density at radius 3 is 2.89 bits per heavy atom. The van der Waals surface area contributed by atoms with Gasteiger partial charge in [-0.15, -0.1) is 5.10 Å². The highest BCUT2D eigenvalue weighted by Crippen LogP contribution is 2.30. The van der Waals surface area contributed by atoms with Gasteiger partial charge in [-0.2, -0.15) is 0 Å². The minimum Gasteiger partial charge on any atom is -0.361 e. The molecule has 1 fully saturated rings. The summed E-state index contributed by atoms with van der Waals surface area (Å²) in [5.74, 6) is 1.08. The minimum absolute atomic E-state index is 0.0453. The minimum atomic E-state index is 0.0453. The lowest BCUT2D eigenvalue weighted by atomic mass is 9.93. The molecule has 146 valence electrons. The Labute approximate surface area is 167 Å². The monoisotopic (exact) mass is 397 g/mol. The molecule has 0 spiro atoms. The first-order chi connectivity index (χ1) is 13.6. The molecule has 0 aromatic carbocycles. The summed E-state index contributed by atoms with van der Waals surface area (Å²) >= 11 is 1.19. The lowest BCUT2D eigenvalue weighted by Crippen LogP contribution is -2.39.